The van der Waals surface area contributed by atoms with Crippen molar-refractivity contribution in [3.05, 3.63) is 41.0 Å². The van der Waals surface area contributed by atoms with E-state index in [0.29, 0.717) is 16.3 Å². The number of carbonyl (C=O) groups is 2. The average Bonchev–Trinajstić information content (AvgIpc) is 3.17. The summed E-state index contributed by atoms with van der Waals surface area (Å²) in [5.74, 6) is -1.37. The van der Waals surface area contributed by atoms with Crippen LogP contribution in [-0.4, -0.2) is 40.9 Å². The van der Waals surface area contributed by atoms with Crippen LogP contribution in [0.15, 0.2) is 34.9 Å². The van der Waals surface area contributed by atoms with Gasteiger partial charge in [-0.2, -0.15) is 0 Å². The minimum absolute atomic E-state index is 0.00229. The third kappa shape index (κ3) is 3.06. The number of amides is 1. The standard InChI is InChI=1S/C15H13ClN2O5/c16-10-3-1-9(2-4-10)12-7-11(18-23-12)13(19)17-15(14(20)21)5-6-22-8-15/h1-4,7H,5-6,8H2,(H,17,19)(H,20,21). The fourth-order valence-corrected chi connectivity index (χ4v) is 2.43. The monoisotopic (exact) mass is 336 g/mol. The Kier molecular flexibility index (Phi) is 4.06. The minimum atomic E-state index is -1.42. The molecule has 2 aromatic rings. The summed E-state index contributed by atoms with van der Waals surface area (Å²) >= 11 is 5.82. The second kappa shape index (κ2) is 6.02. The third-order valence-electron chi connectivity index (χ3n) is 3.66. The summed E-state index contributed by atoms with van der Waals surface area (Å²) in [4.78, 5) is 23.6. The maximum Gasteiger partial charge on any atom is 0.331 e. The first-order chi connectivity index (χ1) is 11.0. The van der Waals surface area contributed by atoms with Gasteiger partial charge in [-0.05, 0) is 24.3 Å². The first-order valence-corrected chi connectivity index (χ1v) is 7.24. The van der Waals surface area contributed by atoms with Crippen LogP contribution in [-0.2, 0) is 9.53 Å². The van der Waals surface area contributed by atoms with E-state index in [1.807, 2.05) is 0 Å². The van der Waals surface area contributed by atoms with Gasteiger partial charge in [0.25, 0.3) is 5.91 Å². The summed E-state index contributed by atoms with van der Waals surface area (Å²) < 4.78 is 10.2. The van der Waals surface area contributed by atoms with Gasteiger partial charge in [0.2, 0.25) is 0 Å². The lowest BCUT2D eigenvalue weighted by Crippen LogP contribution is -2.55. The van der Waals surface area contributed by atoms with E-state index in [1.165, 1.54) is 6.07 Å². The predicted octanol–water partition coefficient (Wildman–Crippen LogP) is 1.97. The Bertz CT molecular complexity index is 735. The van der Waals surface area contributed by atoms with Crippen molar-refractivity contribution in [3.63, 3.8) is 0 Å². The Hall–Kier alpha value is -2.38. The number of carbonyl (C=O) groups excluding carboxylic acids is 1. The Labute approximate surface area is 136 Å². The normalized spacial score (nSPS) is 20.4. The molecule has 1 atom stereocenters. The van der Waals surface area contributed by atoms with Crippen molar-refractivity contribution in [1.29, 1.82) is 0 Å². The second-order valence-corrected chi connectivity index (χ2v) is 5.66. The maximum atomic E-state index is 12.2. The van der Waals surface area contributed by atoms with Gasteiger partial charge in [-0.15, -0.1) is 0 Å². The lowest BCUT2D eigenvalue weighted by Gasteiger charge is -2.22. The number of ether oxygens (including phenoxy) is 1. The Morgan fingerprint density at radius 2 is 2.04 bits per heavy atom. The van der Waals surface area contributed by atoms with E-state index in [2.05, 4.69) is 10.5 Å². The zero-order valence-electron chi connectivity index (χ0n) is 11.9. The van der Waals surface area contributed by atoms with E-state index in [9.17, 15) is 14.7 Å². The number of nitrogens with zero attached hydrogens (tertiary/aromatic N) is 1. The molecule has 1 unspecified atom stereocenters. The number of aromatic nitrogens is 1. The van der Waals surface area contributed by atoms with Gasteiger partial charge >= 0.3 is 5.97 Å². The number of aliphatic carboxylic acids is 1. The van der Waals surface area contributed by atoms with Crippen molar-refractivity contribution in [2.24, 2.45) is 0 Å². The lowest BCUT2D eigenvalue weighted by molar-refractivity contribution is -0.144. The molecule has 7 nitrogen and oxygen atoms in total. The summed E-state index contributed by atoms with van der Waals surface area (Å²) in [6, 6.07) is 8.29. The number of benzene rings is 1. The molecule has 0 bridgehead atoms. The number of rotatable bonds is 4. The van der Waals surface area contributed by atoms with Crippen LogP contribution < -0.4 is 5.32 Å². The van der Waals surface area contributed by atoms with E-state index in [0.717, 1.165) is 0 Å². The van der Waals surface area contributed by atoms with Gasteiger partial charge in [0.05, 0.1) is 6.61 Å². The Morgan fingerprint density at radius 3 is 2.65 bits per heavy atom. The predicted molar refractivity (Wildman–Crippen MR) is 80.2 cm³/mol. The number of hydrogen-bond donors (Lipinski definition) is 2. The van der Waals surface area contributed by atoms with E-state index in [-0.39, 0.29) is 25.3 Å². The topological polar surface area (TPSA) is 102 Å². The maximum absolute atomic E-state index is 12.2. The molecular weight excluding hydrogens is 324 g/mol. The molecule has 2 heterocycles. The van der Waals surface area contributed by atoms with E-state index in [4.69, 9.17) is 20.9 Å². The first-order valence-electron chi connectivity index (χ1n) is 6.86. The molecule has 1 amide bonds. The summed E-state index contributed by atoms with van der Waals surface area (Å²) in [6.45, 7) is 0.206. The van der Waals surface area contributed by atoms with E-state index in [1.54, 1.807) is 24.3 Å². The fraction of sp³-hybridized carbons (Fsp3) is 0.267. The smallest absolute Gasteiger partial charge is 0.331 e. The van der Waals surface area contributed by atoms with Crippen molar-refractivity contribution < 1.29 is 24.0 Å². The molecule has 0 saturated carbocycles. The number of nitrogens with one attached hydrogen (secondary N) is 1. The Balaban J connectivity index is 1.78. The van der Waals surface area contributed by atoms with Gasteiger partial charge in [0, 0.05) is 29.7 Å². The van der Waals surface area contributed by atoms with Crippen LogP contribution in [0.3, 0.4) is 0 Å². The fourth-order valence-electron chi connectivity index (χ4n) is 2.30. The highest BCUT2D eigenvalue weighted by Crippen LogP contribution is 2.23. The van der Waals surface area contributed by atoms with Crippen LogP contribution in [0.5, 0.6) is 0 Å². The summed E-state index contributed by atoms with van der Waals surface area (Å²) in [5, 5.41) is 16.1. The molecule has 1 aliphatic rings. The van der Waals surface area contributed by atoms with E-state index < -0.39 is 17.4 Å². The molecule has 1 aromatic heterocycles. The molecule has 0 spiro atoms. The summed E-state index contributed by atoms with van der Waals surface area (Å²) in [6.07, 6.45) is 0.204. The van der Waals surface area contributed by atoms with Crippen LogP contribution in [0.25, 0.3) is 11.3 Å². The average molecular weight is 337 g/mol. The van der Waals surface area contributed by atoms with Crippen molar-refractivity contribution >= 4 is 23.5 Å². The molecule has 1 saturated heterocycles. The SMILES string of the molecule is O=C(NC1(C(=O)O)CCOC1)c1cc(-c2ccc(Cl)cc2)on1. The summed E-state index contributed by atoms with van der Waals surface area (Å²) in [5.41, 5.74) is -0.711. The van der Waals surface area contributed by atoms with Gasteiger partial charge in [0.1, 0.15) is 0 Å². The quantitative estimate of drug-likeness (QED) is 0.885. The third-order valence-corrected chi connectivity index (χ3v) is 3.91. The van der Waals surface area contributed by atoms with Gasteiger partial charge in [-0.3, -0.25) is 4.79 Å². The molecule has 1 aromatic carbocycles. The molecule has 1 aliphatic heterocycles. The number of halogens is 1. The Morgan fingerprint density at radius 1 is 1.30 bits per heavy atom. The van der Waals surface area contributed by atoms with Gasteiger partial charge < -0.3 is 19.7 Å². The van der Waals surface area contributed by atoms with Crippen molar-refractivity contribution in [2.45, 2.75) is 12.0 Å². The van der Waals surface area contributed by atoms with Gasteiger partial charge in [-0.1, -0.05) is 16.8 Å². The number of carboxylic acids is 1. The number of hydrogen-bond acceptors (Lipinski definition) is 5. The van der Waals surface area contributed by atoms with Crippen molar-refractivity contribution in [1.82, 2.24) is 10.5 Å². The number of carboxylic acid groups (broad SMARTS) is 1. The molecule has 3 rings (SSSR count). The molecule has 120 valence electrons. The summed E-state index contributed by atoms with van der Waals surface area (Å²) in [7, 11) is 0. The van der Waals surface area contributed by atoms with Gasteiger partial charge in [-0.25, -0.2) is 4.79 Å². The zero-order chi connectivity index (χ0) is 16.4. The van der Waals surface area contributed by atoms with Crippen LogP contribution in [0, 0.1) is 0 Å². The van der Waals surface area contributed by atoms with Crippen LogP contribution >= 0.6 is 11.6 Å². The molecule has 8 heteroatoms. The van der Waals surface area contributed by atoms with Crippen molar-refractivity contribution in [2.75, 3.05) is 13.2 Å². The zero-order valence-corrected chi connectivity index (χ0v) is 12.7. The molecular formula is C15H13ClN2O5. The highest BCUT2D eigenvalue weighted by atomic mass is 35.5. The lowest BCUT2D eigenvalue weighted by atomic mass is 9.99. The highest BCUT2D eigenvalue weighted by Gasteiger charge is 2.44. The van der Waals surface area contributed by atoms with Crippen molar-refractivity contribution in [3.8, 4) is 11.3 Å². The first kappa shape index (κ1) is 15.5. The van der Waals surface area contributed by atoms with Crippen LogP contribution in [0.2, 0.25) is 5.02 Å². The molecule has 23 heavy (non-hydrogen) atoms. The molecule has 0 aliphatic carbocycles. The van der Waals surface area contributed by atoms with Gasteiger partial charge in [0.15, 0.2) is 17.0 Å². The second-order valence-electron chi connectivity index (χ2n) is 5.23. The molecule has 2 N–H and O–H groups in total. The molecule has 0 radical (unpaired) electrons. The van der Waals surface area contributed by atoms with Crippen LogP contribution in [0.4, 0.5) is 0 Å². The highest BCUT2D eigenvalue weighted by molar-refractivity contribution is 6.30. The van der Waals surface area contributed by atoms with E-state index >= 15 is 0 Å². The largest absolute Gasteiger partial charge is 0.479 e. The van der Waals surface area contributed by atoms with Crippen LogP contribution in [0.1, 0.15) is 16.9 Å². The molecule has 1 fully saturated rings. The minimum Gasteiger partial charge on any atom is -0.479 e.